The third kappa shape index (κ3) is 1.79. The second kappa shape index (κ2) is 3.74. The highest BCUT2D eigenvalue weighted by atomic mass is 35.5. The number of benzene rings is 1. The number of hydrogen-bond donors (Lipinski definition) is 0. The van der Waals surface area contributed by atoms with E-state index < -0.39 is 0 Å². The quantitative estimate of drug-likeness (QED) is 0.719. The second-order valence-corrected chi connectivity index (χ2v) is 4.22. The summed E-state index contributed by atoms with van der Waals surface area (Å²) in [5.41, 5.74) is 1.99. The summed E-state index contributed by atoms with van der Waals surface area (Å²) in [6.45, 7) is 3.48. The van der Waals surface area contributed by atoms with Gasteiger partial charge in [0.25, 0.3) is 0 Å². The van der Waals surface area contributed by atoms with E-state index in [9.17, 15) is 4.79 Å². The summed E-state index contributed by atoms with van der Waals surface area (Å²) < 4.78 is 0. The normalized spacial score (nSPS) is 16.3. The molecule has 0 radical (unpaired) electrons. The molecular weight excluding hydrogens is 212 g/mol. The van der Waals surface area contributed by atoms with Crippen molar-refractivity contribution in [1.82, 2.24) is 4.90 Å². The SMILES string of the molecule is Cc1ccc(Cl)cc1N1CCN(C)C1=O. The topological polar surface area (TPSA) is 23.6 Å². The number of urea groups is 1. The maximum Gasteiger partial charge on any atom is 0.324 e. The van der Waals surface area contributed by atoms with E-state index in [-0.39, 0.29) is 6.03 Å². The van der Waals surface area contributed by atoms with E-state index in [0.717, 1.165) is 24.3 Å². The lowest BCUT2D eigenvalue weighted by molar-refractivity contribution is 0.229. The molecule has 4 heteroatoms. The van der Waals surface area contributed by atoms with Gasteiger partial charge in [-0.2, -0.15) is 0 Å². The zero-order chi connectivity index (χ0) is 11.0. The first-order chi connectivity index (χ1) is 7.09. The molecule has 3 nitrogen and oxygen atoms in total. The summed E-state index contributed by atoms with van der Waals surface area (Å²) in [6, 6.07) is 5.65. The number of carbonyl (C=O) groups excluding carboxylic acids is 1. The van der Waals surface area contributed by atoms with Gasteiger partial charge in [0.1, 0.15) is 0 Å². The minimum absolute atomic E-state index is 0.0420. The molecule has 1 aliphatic rings. The Labute approximate surface area is 94.2 Å². The molecular formula is C11H13ClN2O. The van der Waals surface area contributed by atoms with Gasteiger partial charge in [-0.3, -0.25) is 4.90 Å². The number of rotatable bonds is 1. The van der Waals surface area contributed by atoms with Crippen LogP contribution in [0.3, 0.4) is 0 Å². The highest BCUT2D eigenvalue weighted by Crippen LogP contribution is 2.26. The number of anilines is 1. The summed E-state index contributed by atoms with van der Waals surface area (Å²) in [7, 11) is 1.81. The summed E-state index contributed by atoms with van der Waals surface area (Å²) in [4.78, 5) is 15.3. The van der Waals surface area contributed by atoms with Crippen molar-refractivity contribution < 1.29 is 4.79 Å². The first-order valence-electron chi connectivity index (χ1n) is 4.88. The standard InChI is InChI=1S/C11H13ClN2O/c1-8-3-4-9(12)7-10(8)14-6-5-13(2)11(14)15/h3-4,7H,5-6H2,1-2H3. The zero-order valence-corrected chi connectivity index (χ0v) is 9.58. The van der Waals surface area contributed by atoms with Crippen LogP contribution in [0.25, 0.3) is 0 Å². The second-order valence-electron chi connectivity index (χ2n) is 3.79. The largest absolute Gasteiger partial charge is 0.326 e. The van der Waals surface area contributed by atoms with E-state index in [2.05, 4.69) is 0 Å². The minimum atomic E-state index is 0.0420. The van der Waals surface area contributed by atoms with Crippen LogP contribution in [0.4, 0.5) is 10.5 Å². The van der Waals surface area contributed by atoms with E-state index in [1.54, 1.807) is 9.80 Å². The molecule has 80 valence electrons. The first-order valence-corrected chi connectivity index (χ1v) is 5.26. The molecule has 0 N–H and O–H groups in total. The van der Waals surface area contributed by atoms with E-state index in [0.29, 0.717) is 5.02 Å². The van der Waals surface area contributed by atoms with E-state index in [1.807, 2.05) is 32.2 Å². The molecule has 2 amide bonds. The Morgan fingerprint density at radius 2 is 2.07 bits per heavy atom. The lowest BCUT2D eigenvalue weighted by Crippen LogP contribution is -2.29. The maximum atomic E-state index is 11.8. The fourth-order valence-electron chi connectivity index (χ4n) is 1.74. The van der Waals surface area contributed by atoms with Gasteiger partial charge in [0.05, 0.1) is 0 Å². The molecule has 1 saturated heterocycles. The van der Waals surface area contributed by atoms with Crippen molar-refractivity contribution in [3.63, 3.8) is 0 Å². The number of hydrogen-bond acceptors (Lipinski definition) is 1. The molecule has 0 unspecified atom stereocenters. The van der Waals surface area contributed by atoms with Crippen LogP contribution in [-0.2, 0) is 0 Å². The molecule has 1 aromatic rings. The van der Waals surface area contributed by atoms with Crippen molar-refractivity contribution >= 4 is 23.3 Å². The average molecular weight is 225 g/mol. The number of amides is 2. The van der Waals surface area contributed by atoms with Crippen molar-refractivity contribution in [2.75, 3.05) is 25.0 Å². The van der Waals surface area contributed by atoms with Crippen LogP contribution in [0.2, 0.25) is 5.02 Å². The van der Waals surface area contributed by atoms with Gasteiger partial charge >= 0.3 is 6.03 Å². The maximum absolute atomic E-state index is 11.8. The summed E-state index contributed by atoms with van der Waals surface area (Å²) in [5, 5.41) is 0.665. The Bertz CT molecular complexity index is 406. The van der Waals surface area contributed by atoms with Gasteiger partial charge in [-0.05, 0) is 24.6 Å². The fourth-order valence-corrected chi connectivity index (χ4v) is 1.91. The smallest absolute Gasteiger partial charge is 0.324 e. The monoisotopic (exact) mass is 224 g/mol. The fraction of sp³-hybridized carbons (Fsp3) is 0.364. The Balaban J connectivity index is 2.37. The van der Waals surface area contributed by atoms with Crippen molar-refractivity contribution in [2.45, 2.75) is 6.92 Å². The van der Waals surface area contributed by atoms with Gasteiger partial charge < -0.3 is 4.90 Å². The molecule has 1 aliphatic heterocycles. The van der Waals surface area contributed by atoms with Gasteiger partial charge in [-0.1, -0.05) is 17.7 Å². The lowest BCUT2D eigenvalue weighted by atomic mass is 10.2. The van der Waals surface area contributed by atoms with Crippen LogP contribution < -0.4 is 4.90 Å². The average Bonchev–Trinajstić information content (AvgIpc) is 2.52. The molecule has 0 aliphatic carbocycles. The predicted octanol–water partition coefficient (Wildman–Crippen LogP) is 2.52. The number of nitrogens with zero attached hydrogens (tertiary/aromatic N) is 2. The van der Waals surface area contributed by atoms with Crippen LogP contribution in [0, 0.1) is 6.92 Å². The molecule has 0 aromatic heterocycles. The zero-order valence-electron chi connectivity index (χ0n) is 8.83. The first kappa shape index (κ1) is 10.3. The van der Waals surface area contributed by atoms with Crippen molar-refractivity contribution in [2.24, 2.45) is 0 Å². The van der Waals surface area contributed by atoms with Crippen LogP contribution in [-0.4, -0.2) is 31.1 Å². The van der Waals surface area contributed by atoms with Crippen LogP contribution in [0.15, 0.2) is 18.2 Å². The summed E-state index contributed by atoms with van der Waals surface area (Å²) >= 11 is 5.93. The predicted molar refractivity (Wildman–Crippen MR) is 61.6 cm³/mol. The lowest BCUT2D eigenvalue weighted by Gasteiger charge is -2.18. The summed E-state index contributed by atoms with van der Waals surface area (Å²) in [5.74, 6) is 0. The number of aryl methyl sites for hydroxylation is 1. The molecule has 0 atom stereocenters. The van der Waals surface area contributed by atoms with E-state index >= 15 is 0 Å². The Morgan fingerprint density at radius 3 is 2.67 bits per heavy atom. The third-order valence-electron chi connectivity index (χ3n) is 2.68. The van der Waals surface area contributed by atoms with Gasteiger partial charge in [-0.25, -0.2) is 4.79 Å². The molecule has 1 heterocycles. The number of likely N-dealkylation sites (N-methyl/N-ethyl adjacent to an activating group) is 1. The van der Waals surface area contributed by atoms with Gasteiger partial charge in [0.15, 0.2) is 0 Å². The van der Waals surface area contributed by atoms with Crippen molar-refractivity contribution in [3.05, 3.63) is 28.8 Å². The molecule has 0 saturated carbocycles. The molecule has 15 heavy (non-hydrogen) atoms. The van der Waals surface area contributed by atoms with Gasteiger partial charge in [-0.15, -0.1) is 0 Å². The molecule has 0 bridgehead atoms. The Kier molecular flexibility index (Phi) is 2.57. The van der Waals surface area contributed by atoms with Crippen molar-refractivity contribution in [1.29, 1.82) is 0 Å². The van der Waals surface area contributed by atoms with E-state index in [1.165, 1.54) is 0 Å². The van der Waals surface area contributed by atoms with Crippen LogP contribution in [0.5, 0.6) is 0 Å². The molecule has 1 aromatic carbocycles. The van der Waals surface area contributed by atoms with Gasteiger partial charge in [0.2, 0.25) is 0 Å². The number of halogens is 1. The van der Waals surface area contributed by atoms with Crippen LogP contribution >= 0.6 is 11.6 Å². The van der Waals surface area contributed by atoms with E-state index in [4.69, 9.17) is 11.6 Å². The summed E-state index contributed by atoms with van der Waals surface area (Å²) in [6.07, 6.45) is 0. The third-order valence-corrected chi connectivity index (χ3v) is 2.91. The highest BCUT2D eigenvalue weighted by Gasteiger charge is 2.27. The Morgan fingerprint density at radius 1 is 1.33 bits per heavy atom. The highest BCUT2D eigenvalue weighted by molar-refractivity contribution is 6.31. The molecule has 1 fully saturated rings. The minimum Gasteiger partial charge on any atom is -0.326 e. The van der Waals surface area contributed by atoms with Crippen LogP contribution in [0.1, 0.15) is 5.56 Å². The Hall–Kier alpha value is -1.22. The van der Waals surface area contributed by atoms with Crippen molar-refractivity contribution in [3.8, 4) is 0 Å². The number of carbonyl (C=O) groups is 1. The molecule has 0 spiro atoms. The van der Waals surface area contributed by atoms with Gasteiger partial charge in [0, 0.05) is 30.8 Å². The molecule has 2 rings (SSSR count).